The zero-order chi connectivity index (χ0) is 16.0. The third kappa shape index (κ3) is 6.77. The first-order chi connectivity index (χ1) is 9.67. The Morgan fingerprint density at radius 3 is 2.38 bits per heavy atom. The van der Waals surface area contributed by atoms with E-state index in [1.807, 2.05) is 0 Å². The summed E-state index contributed by atoms with van der Waals surface area (Å²) in [4.78, 5) is 34.0. The Balaban J connectivity index is 2.30. The molecular weight excluding hydrogens is 282 g/mol. The van der Waals surface area contributed by atoms with Gasteiger partial charge in [0.2, 0.25) is 0 Å². The van der Waals surface area contributed by atoms with Crippen LogP contribution >= 0.6 is 0 Å². The van der Waals surface area contributed by atoms with Crippen LogP contribution in [-0.2, 0) is 9.47 Å². The molecule has 0 aliphatic carbocycles. The van der Waals surface area contributed by atoms with Gasteiger partial charge in [-0.25, -0.2) is 9.59 Å². The Morgan fingerprint density at radius 1 is 1.33 bits per heavy atom. The molecule has 0 aromatic rings. The Bertz CT molecular complexity index is 398. The minimum absolute atomic E-state index is 0.164. The summed E-state index contributed by atoms with van der Waals surface area (Å²) in [6.45, 7) is 5.44. The number of hydrogen-bond acceptors (Lipinski definition) is 6. The van der Waals surface area contributed by atoms with Crippen molar-refractivity contribution in [1.82, 2.24) is 10.2 Å². The number of piperidine rings is 1. The van der Waals surface area contributed by atoms with Crippen LogP contribution in [0.4, 0.5) is 9.59 Å². The van der Waals surface area contributed by atoms with Crippen molar-refractivity contribution in [2.24, 2.45) is 0 Å². The van der Waals surface area contributed by atoms with E-state index in [0.717, 1.165) is 0 Å². The summed E-state index contributed by atoms with van der Waals surface area (Å²) in [5.74, 6) is 0. The van der Waals surface area contributed by atoms with Crippen LogP contribution in [0.2, 0.25) is 0 Å². The highest BCUT2D eigenvalue weighted by Crippen LogP contribution is 2.15. The maximum Gasteiger partial charge on any atom is 0.412 e. The van der Waals surface area contributed by atoms with Gasteiger partial charge in [-0.3, -0.25) is 10.1 Å². The molecule has 0 unspecified atom stereocenters. The fourth-order valence-electron chi connectivity index (χ4n) is 1.85. The summed E-state index contributed by atoms with van der Waals surface area (Å²) in [6.07, 6.45) is -0.0983. The molecule has 0 aromatic heterocycles. The molecule has 1 aliphatic heterocycles. The van der Waals surface area contributed by atoms with Crippen LogP contribution in [-0.4, -0.2) is 53.5 Å². The highest BCUT2D eigenvalue weighted by Gasteiger charge is 2.27. The Morgan fingerprint density at radius 2 is 1.90 bits per heavy atom. The van der Waals surface area contributed by atoms with Gasteiger partial charge in [-0.2, -0.15) is 0 Å². The standard InChI is InChI=1S/C12H21N3O6/c1-12(2,3)21-11(17)14-6-4-9(5-7-14)13-10(16)20-8-15(18)19/h9H,4-8H2,1-3H3,(H,13,16). The van der Waals surface area contributed by atoms with Gasteiger partial charge in [0.05, 0.1) is 4.92 Å². The number of likely N-dealkylation sites (tertiary alicyclic amines) is 1. The molecule has 0 radical (unpaired) electrons. The average molecular weight is 303 g/mol. The molecule has 9 nitrogen and oxygen atoms in total. The lowest BCUT2D eigenvalue weighted by atomic mass is 10.1. The van der Waals surface area contributed by atoms with E-state index in [0.29, 0.717) is 25.9 Å². The van der Waals surface area contributed by atoms with Crippen LogP contribution in [0.25, 0.3) is 0 Å². The van der Waals surface area contributed by atoms with Crippen molar-refractivity contribution >= 4 is 12.2 Å². The van der Waals surface area contributed by atoms with Gasteiger partial charge in [-0.05, 0) is 33.6 Å². The number of alkyl carbamates (subject to hydrolysis) is 1. The average Bonchev–Trinajstić information content (AvgIpc) is 2.35. The van der Waals surface area contributed by atoms with E-state index in [1.165, 1.54) is 0 Å². The molecule has 0 bridgehead atoms. The fourth-order valence-corrected chi connectivity index (χ4v) is 1.85. The maximum absolute atomic E-state index is 11.8. The highest BCUT2D eigenvalue weighted by atomic mass is 16.7. The summed E-state index contributed by atoms with van der Waals surface area (Å²) < 4.78 is 9.65. The van der Waals surface area contributed by atoms with Gasteiger partial charge in [-0.15, -0.1) is 0 Å². The SMILES string of the molecule is CC(C)(C)OC(=O)N1CCC(NC(=O)OC[N+](=O)[O-])CC1. The number of nitrogens with one attached hydrogen (secondary N) is 1. The molecule has 120 valence electrons. The summed E-state index contributed by atoms with van der Waals surface area (Å²) in [6, 6.07) is -0.164. The number of carbonyl (C=O) groups is 2. The first kappa shape index (κ1) is 17.0. The van der Waals surface area contributed by atoms with E-state index in [-0.39, 0.29) is 12.1 Å². The third-order valence-corrected chi connectivity index (χ3v) is 2.77. The molecular formula is C12H21N3O6. The molecule has 0 saturated carbocycles. The number of ether oxygens (including phenoxy) is 2. The topological polar surface area (TPSA) is 111 Å². The molecule has 0 atom stereocenters. The first-order valence-electron chi connectivity index (χ1n) is 6.70. The number of rotatable bonds is 3. The largest absolute Gasteiger partial charge is 0.444 e. The monoisotopic (exact) mass is 303 g/mol. The normalized spacial score (nSPS) is 16.2. The Kier molecular flexibility index (Phi) is 5.74. The third-order valence-electron chi connectivity index (χ3n) is 2.77. The fraction of sp³-hybridized carbons (Fsp3) is 0.833. The van der Waals surface area contributed by atoms with Crippen molar-refractivity contribution in [2.75, 3.05) is 19.8 Å². The molecule has 1 rings (SSSR count). The highest BCUT2D eigenvalue weighted by molar-refractivity contribution is 5.69. The summed E-state index contributed by atoms with van der Waals surface area (Å²) in [5.41, 5.74) is -0.543. The van der Waals surface area contributed by atoms with Gasteiger partial charge in [0.25, 0.3) is 0 Å². The van der Waals surface area contributed by atoms with Gasteiger partial charge in [-0.1, -0.05) is 0 Å². The minimum atomic E-state index is -0.859. The van der Waals surface area contributed by atoms with Crippen molar-refractivity contribution in [3.63, 3.8) is 0 Å². The van der Waals surface area contributed by atoms with Crippen molar-refractivity contribution in [2.45, 2.75) is 45.3 Å². The smallest absolute Gasteiger partial charge is 0.412 e. The van der Waals surface area contributed by atoms with Crippen molar-refractivity contribution in [3.05, 3.63) is 10.1 Å². The zero-order valence-corrected chi connectivity index (χ0v) is 12.5. The maximum atomic E-state index is 11.8. The second-order valence-electron chi connectivity index (χ2n) is 5.78. The predicted molar refractivity (Wildman–Crippen MR) is 72.3 cm³/mol. The summed E-state index contributed by atoms with van der Waals surface area (Å²) in [5, 5.41) is 12.6. The second kappa shape index (κ2) is 7.09. The molecule has 9 heteroatoms. The number of amides is 2. The van der Waals surface area contributed by atoms with Crippen molar-refractivity contribution in [3.8, 4) is 0 Å². The van der Waals surface area contributed by atoms with Crippen LogP contribution in [0, 0.1) is 10.1 Å². The van der Waals surface area contributed by atoms with E-state index in [4.69, 9.17) is 4.74 Å². The summed E-state index contributed by atoms with van der Waals surface area (Å²) in [7, 11) is 0. The van der Waals surface area contributed by atoms with Gasteiger partial charge in [0.1, 0.15) is 5.60 Å². The second-order valence-corrected chi connectivity index (χ2v) is 5.78. The lowest BCUT2D eigenvalue weighted by Crippen LogP contribution is -2.48. The molecule has 1 aliphatic rings. The Labute approximate surface area is 122 Å². The van der Waals surface area contributed by atoms with Crippen LogP contribution < -0.4 is 5.32 Å². The van der Waals surface area contributed by atoms with E-state index >= 15 is 0 Å². The van der Waals surface area contributed by atoms with Gasteiger partial charge in [0.15, 0.2) is 0 Å². The van der Waals surface area contributed by atoms with Crippen molar-refractivity contribution in [1.29, 1.82) is 0 Å². The van der Waals surface area contributed by atoms with Crippen LogP contribution in [0.15, 0.2) is 0 Å². The number of nitro groups is 1. The number of hydrogen-bond donors (Lipinski definition) is 1. The van der Waals surface area contributed by atoms with Crippen LogP contribution in [0.1, 0.15) is 33.6 Å². The molecule has 2 amide bonds. The molecule has 1 fully saturated rings. The van der Waals surface area contributed by atoms with Gasteiger partial charge in [0, 0.05) is 19.1 Å². The van der Waals surface area contributed by atoms with Gasteiger partial charge < -0.3 is 19.7 Å². The molecule has 1 N–H and O–H groups in total. The van der Waals surface area contributed by atoms with E-state index in [9.17, 15) is 19.7 Å². The van der Waals surface area contributed by atoms with E-state index < -0.39 is 23.3 Å². The lowest BCUT2D eigenvalue weighted by molar-refractivity contribution is -0.518. The number of carbonyl (C=O) groups excluding carboxylic acids is 2. The molecule has 0 spiro atoms. The lowest BCUT2D eigenvalue weighted by Gasteiger charge is -2.33. The van der Waals surface area contributed by atoms with Crippen LogP contribution in [0.3, 0.4) is 0 Å². The van der Waals surface area contributed by atoms with E-state index in [1.54, 1.807) is 25.7 Å². The molecule has 21 heavy (non-hydrogen) atoms. The quantitative estimate of drug-likeness (QED) is 0.478. The first-order valence-corrected chi connectivity index (χ1v) is 6.70. The Hall–Kier alpha value is -2.06. The predicted octanol–water partition coefficient (Wildman–Crippen LogP) is 1.35. The molecule has 1 saturated heterocycles. The number of nitrogens with zero attached hydrogens (tertiary/aromatic N) is 2. The van der Waals surface area contributed by atoms with Crippen LogP contribution in [0.5, 0.6) is 0 Å². The van der Waals surface area contributed by atoms with Crippen molar-refractivity contribution < 1.29 is 24.0 Å². The molecule has 1 heterocycles. The van der Waals surface area contributed by atoms with Gasteiger partial charge >= 0.3 is 18.9 Å². The molecule has 0 aromatic carbocycles. The minimum Gasteiger partial charge on any atom is -0.444 e. The van der Waals surface area contributed by atoms with E-state index in [2.05, 4.69) is 10.1 Å². The zero-order valence-electron chi connectivity index (χ0n) is 12.5. The summed E-state index contributed by atoms with van der Waals surface area (Å²) >= 11 is 0.